The highest BCUT2D eigenvalue weighted by atomic mass is 19.4. The summed E-state index contributed by atoms with van der Waals surface area (Å²) in [7, 11) is 1.17. The molecule has 24 heavy (non-hydrogen) atoms. The van der Waals surface area contributed by atoms with Crippen LogP contribution in [0.3, 0.4) is 0 Å². The van der Waals surface area contributed by atoms with E-state index in [1.165, 1.54) is 19.2 Å². The van der Waals surface area contributed by atoms with E-state index in [0.29, 0.717) is 11.6 Å². The van der Waals surface area contributed by atoms with Gasteiger partial charge >= 0.3 is 12.4 Å². The highest BCUT2D eigenvalue weighted by molar-refractivity contribution is 5.76. The van der Waals surface area contributed by atoms with Crippen LogP contribution in [-0.2, 0) is 18.8 Å². The first-order chi connectivity index (χ1) is 11.1. The van der Waals surface area contributed by atoms with Gasteiger partial charge in [-0.3, -0.25) is 0 Å². The molecule has 0 aliphatic heterocycles. The van der Waals surface area contributed by atoms with E-state index in [2.05, 4.69) is 0 Å². The fourth-order valence-corrected chi connectivity index (χ4v) is 2.44. The smallest absolute Gasteiger partial charge is 0.417 e. The highest BCUT2D eigenvalue weighted by Crippen LogP contribution is 2.43. The second kappa shape index (κ2) is 6.37. The minimum absolute atomic E-state index is 0.133. The summed E-state index contributed by atoms with van der Waals surface area (Å²) in [4.78, 5) is 0. The molecule has 0 heterocycles. The van der Waals surface area contributed by atoms with Gasteiger partial charge in [0.2, 0.25) is 0 Å². The van der Waals surface area contributed by atoms with Gasteiger partial charge < -0.3 is 4.74 Å². The van der Waals surface area contributed by atoms with Gasteiger partial charge in [0.05, 0.1) is 18.2 Å². The molecule has 1 nitrogen and oxygen atoms in total. The van der Waals surface area contributed by atoms with Crippen LogP contribution >= 0.6 is 0 Å². The third-order valence-corrected chi connectivity index (χ3v) is 3.57. The lowest BCUT2D eigenvalue weighted by Crippen LogP contribution is -2.10. The molecule has 2 aromatic carbocycles. The number of halogens is 6. The van der Waals surface area contributed by atoms with Crippen LogP contribution in [0, 0.1) is 0 Å². The van der Waals surface area contributed by atoms with Gasteiger partial charge in [-0.2, -0.15) is 26.3 Å². The van der Waals surface area contributed by atoms with Crippen molar-refractivity contribution in [2.24, 2.45) is 0 Å². The zero-order chi connectivity index (χ0) is 18.1. The first kappa shape index (κ1) is 18.2. The van der Waals surface area contributed by atoms with Crippen molar-refractivity contribution in [2.45, 2.75) is 25.7 Å². The Morgan fingerprint density at radius 1 is 0.917 bits per heavy atom. The van der Waals surface area contributed by atoms with Crippen molar-refractivity contribution in [3.05, 3.63) is 53.1 Å². The van der Waals surface area contributed by atoms with Crippen LogP contribution in [0.5, 0.6) is 5.75 Å². The van der Waals surface area contributed by atoms with Gasteiger partial charge in [-0.25, -0.2) is 0 Å². The predicted molar refractivity (Wildman–Crippen MR) is 77.8 cm³/mol. The van der Waals surface area contributed by atoms with E-state index < -0.39 is 29.0 Å². The molecule has 0 unspecified atom stereocenters. The maximum absolute atomic E-state index is 13.3. The summed E-state index contributed by atoms with van der Waals surface area (Å²) in [6, 6.07) is 6.24. The molecule has 130 valence electrons. The van der Waals surface area contributed by atoms with Crippen molar-refractivity contribution in [3.8, 4) is 16.9 Å². The second-order valence-corrected chi connectivity index (χ2v) is 5.15. The zero-order valence-electron chi connectivity index (χ0n) is 12.8. The summed E-state index contributed by atoms with van der Waals surface area (Å²) in [6.07, 6.45) is -9.11. The number of rotatable bonds is 3. The molecule has 0 amide bonds. The number of hydrogen-bond donors (Lipinski definition) is 0. The van der Waals surface area contributed by atoms with Gasteiger partial charge in [0, 0.05) is 5.56 Å². The highest BCUT2D eigenvalue weighted by Gasteiger charge is 2.36. The standard InChI is InChI=1S/C17H14F6O/c1-3-10-7-11(9-12(8-10)16(18,19)20)15-13(17(21,22)23)5-4-6-14(15)24-2/h4-9H,3H2,1-2H3. The molecule has 0 fully saturated rings. The van der Waals surface area contributed by atoms with Crippen LogP contribution in [0.25, 0.3) is 11.1 Å². The van der Waals surface area contributed by atoms with Gasteiger partial charge in [0.25, 0.3) is 0 Å². The Labute approximate surface area is 134 Å². The van der Waals surface area contributed by atoms with Crippen molar-refractivity contribution >= 4 is 0 Å². The Bertz CT molecular complexity index is 731. The number of aryl methyl sites for hydroxylation is 1. The maximum Gasteiger partial charge on any atom is 0.417 e. The van der Waals surface area contributed by atoms with Gasteiger partial charge in [-0.1, -0.05) is 19.1 Å². The largest absolute Gasteiger partial charge is 0.496 e. The Morgan fingerprint density at radius 3 is 2.08 bits per heavy atom. The zero-order valence-corrected chi connectivity index (χ0v) is 12.8. The molecule has 0 aliphatic rings. The van der Waals surface area contributed by atoms with E-state index >= 15 is 0 Å². The van der Waals surface area contributed by atoms with Crippen molar-refractivity contribution in [3.63, 3.8) is 0 Å². The van der Waals surface area contributed by atoms with E-state index in [0.717, 1.165) is 18.2 Å². The molecular weight excluding hydrogens is 334 g/mol. The molecule has 7 heteroatoms. The van der Waals surface area contributed by atoms with Crippen LogP contribution in [0.4, 0.5) is 26.3 Å². The molecule has 0 aromatic heterocycles. The minimum Gasteiger partial charge on any atom is -0.496 e. The van der Waals surface area contributed by atoms with Crippen LogP contribution in [0.1, 0.15) is 23.6 Å². The van der Waals surface area contributed by atoms with Crippen LogP contribution in [-0.4, -0.2) is 7.11 Å². The number of benzene rings is 2. The first-order valence-corrected chi connectivity index (χ1v) is 7.03. The number of alkyl halides is 6. The molecule has 0 bridgehead atoms. The van der Waals surface area contributed by atoms with Gasteiger partial charge in [0.1, 0.15) is 5.75 Å². The molecule has 0 saturated heterocycles. The SMILES string of the molecule is CCc1cc(-c2c(OC)cccc2C(F)(F)F)cc(C(F)(F)F)c1. The van der Waals surface area contributed by atoms with Crippen molar-refractivity contribution in [1.82, 2.24) is 0 Å². The molecule has 0 saturated carbocycles. The molecule has 2 rings (SSSR count). The molecule has 0 radical (unpaired) electrons. The van der Waals surface area contributed by atoms with E-state index in [1.54, 1.807) is 6.92 Å². The summed E-state index contributed by atoms with van der Waals surface area (Å²) >= 11 is 0. The normalized spacial score (nSPS) is 12.3. The molecule has 0 atom stereocenters. The minimum atomic E-state index is -4.72. The fourth-order valence-electron chi connectivity index (χ4n) is 2.44. The van der Waals surface area contributed by atoms with Gasteiger partial charge in [0.15, 0.2) is 0 Å². The van der Waals surface area contributed by atoms with Gasteiger partial charge in [-0.15, -0.1) is 0 Å². The Balaban J connectivity index is 2.81. The lowest BCUT2D eigenvalue weighted by atomic mass is 9.94. The quantitative estimate of drug-likeness (QED) is 0.622. The Hall–Kier alpha value is -2.18. The second-order valence-electron chi connectivity index (χ2n) is 5.15. The summed E-state index contributed by atoms with van der Waals surface area (Å²) < 4.78 is 84.0. The average Bonchev–Trinajstić information content (AvgIpc) is 2.51. The van der Waals surface area contributed by atoms with Crippen LogP contribution in [0.2, 0.25) is 0 Å². The molecule has 2 aromatic rings. The number of methoxy groups -OCH3 is 1. The average molecular weight is 348 g/mol. The van der Waals surface area contributed by atoms with Crippen LogP contribution < -0.4 is 4.74 Å². The first-order valence-electron chi connectivity index (χ1n) is 7.03. The molecule has 0 aliphatic carbocycles. The molecular formula is C17H14F6O. The number of hydrogen-bond acceptors (Lipinski definition) is 1. The third kappa shape index (κ3) is 3.66. The van der Waals surface area contributed by atoms with Crippen molar-refractivity contribution in [1.29, 1.82) is 0 Å². The summed E-state index contributed by atoms with van der Waals surface area (Å²) in [5.41, 5.74) is -2.31. The summed E-state index contributed by atoms with van der Waals surface area (Å²) in [5, 5.41) is 0. The van der Waals surface area contributed by atoms with E-state index in [-0.39, 0.29) is 17.7 Å². The Kier molecular flexibility index (Phi) is 4.82. The van der Waals surface area contributed by atoms with E-state index in [9.17, 15) is 26.3 Å². The third-order valence-electron chi connectivity index (χ3n) is 3.57. The lowest BCUT2D eigenvalue weighted by Gasteiger charge is -2.18. The number of ether oxygens (including phenoxy) is 1. The van der Waals surface area contributed by atoms with E-state index in [1.807, 2.05) is 0 Å². The van der Waals surface area contributed by atoms with E-state index in [4.69, 9.17) is 4.74 Å². The van der Waals surface area contributed by atoms with Gasteiger partial charge in [-0.05, 0) is 41.8 Å². The van der Waals surface area contributed by atoms with Crippen molar-refractivity contribution in [2.75, 3.05) is 7.11 Å². The predicted octanol–water partition coefficient (Wildman–Crippen LogP) is 5.96. The molecule has 0 spiro atoms. The van der Waals surface area contributed by atoms with Crippen molar-refractivity contribution < 1.29 is 31.1 Å². The topological polar surface area (TPSA) is 9.23 Å². The maximum atomic E-state index is 13.3. The van der Waals surface area contributed by atoms with Crippen LogP contribution in [0.15, 0.2) is 36.4 Å². The summed E-state index contributed by atoms with van der Waals surface area (Å²) in [6.45, 7) is 1.63. The molecule has 0 N–H and O–H groups in total. The lowest BCUT2D eigenvalue weighted by molar-refractivity contribution is -0.137. The Morgan fingerprint density at radius 2 is 1.58 bits per heavy atom. The monoisotopic (exact) mass is 348 g/mol. The summed E-state index contributed by atoms with van der Waals surface area (Å²) in [5.74, 6) is -0.133. The fraction of sp³-hybridized carbons (Fsp3) is 0.294.